The summed E-state index contributed by atoms with van der Waals surface area (Å²) in [5.74, 6) is 0. The Morgan fingerprint density at radius 2 is 2.06 bits per heavy atom. The first-order valence-electron chi connectivity index (χ1n) is 5.51. The van der Waals surface area contributed by atoms with E-state index in [0.29, 0.717) is 0 Å². The van der Waals surface area contributed by atoms with E-state index in [1.54, 1.807) is 0 Å². The van der Waals surface area contributed by atoms with Crippen molar-refractivity contribution in [1.82, 2.24) is 4.98 Å². The molecular formula is C15H17N. The van der Waals surface area contributed by atoms with Crippen LogP contribution in [0.5, 0.6) is 0 Å². The number of aryl methyl sites for hydroxylation is 2. The van der Waals surface area contributed by atoms with Crippen molar-refractivity contribution >= 4 is 17.0 Å². The van der Waals surface area contributed by atoms with E-state index in [2.05, 4.69) is 56.6 Å². The van der Waals surface area contributed by atoms with Gasteiger partial charge in [-0.1, -0.05) is 29.9 Å². The van der Waals surface area contributed by atoms with Crippen LogP contribution in [0.15, 0.2) is 36.4 Å². The predicted molar refractivity (Wildman–Crippen MR) is 71.6 cm³/mol. The first-order chi connectivity index (χ1) is 7.61. The zero-order valence-electron chi connectivity index (χ0n) is 10.1. The Morgan fingerprint density at radius 1 is 1.31 bits per heavy atom. The number of hydrogen-bond acceptors (Lipinski definition) is 0. The van der Waals surface area contributed by atoms with Crippen molar-refractivity contribution in [2.75, 3.05) is 0 Å². The molecule has 82 valence electrons. The summed E-state index contributed by atoms with van der Waals surface area (Å²) in [5.41, 5.74) is 6.16. The third kappa shape index (κ3) is 1.81. The van der Waals surface area contributed by atoms with Crippen LogP contribution in [0.1, 0.15) is 23.7 Å². The Balaban J connectivity index is 2.72. The van der Waals surface area contributed by atoms with Gasteiger partial charge in [-0.2, -0.15) is 0 Å². The average Bonchev–Trinajstić information content (AvgIpc) is 2.55. The molecule has 0 radical (unpaired) electrons. The van der Waals surface area contributed by atoms with Crippen LogP contribution in [0.25, 0.3) is 17.0 Å². The fourth-order valence-electron chi connectivity index (χ4n) is 1.93. The molecule has 1 nitrogen and oxygen atoms in total. The molecule has 0 aliphatic carbocycles. The molecule has 1 aromatic heterocycles. The lowest BCUT2D eigenvalue weighted by Crippen LogP contribution is -1.77. The van der Waals surface area contributed by atoms with Gasteiger partial charge in [0.25, 0.3) is 0 Å². The molecule has 0 atom stereocenters. The molecule has 0 bridgehead atoms. The lowest BCUT2D eigenvalue weighted by atomic mass is 10.1. The molecule has 16 heavy (non-hydrogen) atoms. The highest BCUT2D eigenvalue weighted by atomic mass is 14.7. The first kappa shape index (κ1) is 10.7. The number of aromatic amines is 1. The van der Waals surface area contributed by atoms with Gasteiger partial charge in [0.2, 0.25) is 0 Å². The van der Waals surface area contributed by atoms with Gasteiger partial charge >= 0.3 is 0 Å². The molecule has 0 saturated heterocycles. The third-order valence-corrected chi connectivity index (χ3v) is 2.89. The van der Waals surface area contributed by atoms with E-state index < -0.39 is 0 Å². The van der Waals surface area contributed by atoms with Crippen LogP contribution in [-0.4, -0.2) is 4.98 Å². The van der Waals surface area contributed by atoms with E-state index in [1.807, 2.05) is 6.08 Å². The van der Waals surface area contributed by atoms with Gasteiger partial charge in [0.1, 0.15) is 0 Å². The second kappa shape index (κ2) is 4.01. The number of rotatable bonds is 2. The second-order valence-electron chi connectivity index (χ2n) is 4.31. The maximum atomic E-state index is 3.79. The van der Waals surface area contributed by atoms with Crippen molar-refractivity contribution in [3.05, 3.63) is 53.2 Å². The highest BCUT2D eigenvalue weighted by Crippen LogP contribution is 2.25. The average molecular weight is 211 g/mol. The summed E-state index contributed by atoms with van der Waals surface area (Å²) in [4.78, 5) is 3.40. The van der Waals surface area contributed by atoms with Gasteiger partial charge in [-0.3, -0.25) is 0 Å². The van der Waals surface area contributed by atoms with Gasteiger partial charge in [0.05, 0.1) is 0 Å². The first-order valence-corrected chi connectivity index (χ1v) is 5.51. The normalized spacial score (nSPS) is 12.1. The summed E-state index contributed by atoms with van der Waals surface area (Å²) in [7, 11) is 0. The monoisotopic (exact) mass is 211 g/mol. The summed E-state index contributed by atoms with van der Waals surface area (Å²) in [6, 6.07) is 6.49. The van der Waals surface area contributed by atoms with E-state index in [4.69, 9.17) is 0 Å². The molecule has 1 aromatic carbocycles. The van der Waals surface area contributed by atoms with Gasteiger partial charge in [-0.25, -0.2) is 0 Å². The molecule has 1 N–H and O–H groups in total. The molecule has 0 amide bonds. The smallest absolute Gasteiger partial charge is 0.0462 e. The lowest BCUT2D eigenvalue weighted by Gasteiger charge is -1.97. The fraction of sp³-hybridized carbons (Fsp3) is 0.200. The zero-order chi connectivity index (χ0) is 11.7. The number of benzene rings is 1. The summed E-state index contributed by atoms with van der Waals surface area (Å²) in [5, 5.41) is 1.29. The van der Waals surface area contributed by atoms with E-state index in [-0.39, 0.29) is 0 Å². The van der Waals surface area contributed by atoms with E-state index in [1.165, 1.54) is 33.3 Å². The summed E-state index contributed by atoms with van der Waals surface area (Å²) >= 11 is 0. The Kier molecular flexibility index (Phi) is 2.69. The third-order valence-electron chi connectivity index (χ3n) is 2.89. The number of fused-ring (bicyclic) bond motifs is 1. The molecule has 0 unspecified atom stereocenters. The van der Waals surface area contributed by atoms with Crippen molar-refractivity contribution in [3.8, 4) is 0 Å². The van der Waals surface area contributed by atoms with Crippen molar-refractivity contribution < 1.29 is 0 Å². The highest BCUT2D eigenvalue weighted by Gasteiger charge is 2.05. The standard InChI is InChI=1S/C15H17N/c1-5-10(2)8-13-12(4)16-15-7-6-11(3)9-14(13)15/h5-9,16H,1H2,2-4H3/b10-8-. The minimum Gasteiger partial charge on any atom is -0.358 e. The predicted octanol–water partition coefficient (Wildman–Crippen LogP) is 4.37. The number of allylic oxidation sites excluding steroid dienone is 2. The zero-order valence-corrected chi connectivity index (χ0v) is 10.1. The van der Waals surface area contributed by atoms with Crippen LogP contribution in [0.4, 0.5) is 0 Å². The van der Waals surface area contributed by atoms with Crippen LogP contribution < -0.4 is 0 Å². The van der Waals surface area contributed by atoms with E-state index in [0.717, 1.165) is 0 Å². The molecule has 0 spiro atoms. The lowest BCUT2D eigenvalue weighted by molar-refractivity contribution is 1.29. The molecule has 0 fully saturated rings. The second-order valence-corrected chi connectivity index (χ2v) is 4.31. The molecular weight excluding hydrogens is 194 g/mol. The Labute approximate surface area is 96.5 Å². The SMILES string of the molecule is C=C/C(C)=C\c1c(C)[nH]c2ccc(C)cc12. The van der Waals surface area contributed by atoms with Crippen molar-refractivity contribution in [2.24, 2.45) is 0 Å². The van der Waals surface area contributed by atoms with Crippen LogP contribution >= 0.6 is 0 Å². The molecule has 1 heteroatoms. The highest BCUT2D eigenvalue weighted by molar-refractivity contribution is 5.91. The fourth-order valence-corrected chi connectivity index (χ4v) is 1.93. The Morgan fingerprint density at radius 3 is 2.75 bits per heavy atom. The van der Waals surface area contributed by atoms with Crippen LogP contribution in [0.3, 0.4) is 0 Å². The van der Waals surface area contributed by atoms with Crippen LogP contribution in [0, 0.1) is 13.8 Å². The Bertz CT molecular complexity index is 570. The topological polar surface area (TPSA) is 15.8 Å². The van der Waals surface area contributed by atoms with Gasteiger partial charge < -0.3 is 4.98 Å². The van der Waals surface area contributed by atoms with Crippen LogP contribution in [-0.2, 0) is 0 Å². The molecule has 0 aliphatic heterocycles. The van der Waals surface area contributed by atoms with Crippen LogP contribution in [0.2, 0.25) is 0 Å². The van der Waals surface area contributed by atoms with Gasteiger partial charge in [-0.15, -0.1) is 0 Å². The Hall–Kier alpha value is -1.76. The molecule has 0 saturated carbocycles. The number of hydrogen-bond donors (Lipinski definition) is 1. The summed E-state index contributed by atoms with van der Waals surface area (Å²) < 4.78 is 0. The maximum absolute atomic E-state index is 3.79. The van der Waals surface area contributed by atoms with Crippen molar-refractivity contribution in [3.63, 3.8) is 0 Å². The summed E-state index contributed by atoms with van der Waals surface area (Å²) in [6.07, 6.45) is 4.06. The maximum Gasteiger partial charge on any atom is 0.0462 e. The number of H-pyrrole nitrogens is 1. The van der Waals surface area contributed by atoms with Gasteiger partial charge in [0, 0.05) is 22.2 Å². The quantitative estimate of drug-likeness (QED) is 0.710. The minimum absolute atomic E-state index is 1.19. The van der Waals surface area contributed by atoms with Gasteiger partial charge in [0.15, 0.2) is 0 Å². The van der Waals surface area contributed by atoms with Crippen molar-refractivity contribution in [1.29, 1.82) is 0 Å². The number of aromatic nitrogens is 1. The van der Waals surface area contributed by atoms with Gasteiger partial charge in [-0.05, 0) is 39.0 Å². The van der Waals surface area contributed by atoms with E-state index in [9.17, 15) is 0 Å². The van der Waals surface area contributed by atoms with E-state index >= 15 is 0 Å². The number of nitrogens with one attached hydrogen (secondary N) is 1. The molecule has 1 heterocycles. The summed E-state index contributed by atoms with van der Waals surface area (Å²) in [6.45, 7) is 10.1. The molecule has 0 aliphatic rings. The molecule has 2 aromatic rings. The minimum atomic E-state index is 1.19. The molecule has 2 rings (SSSR count). The largest absolute Gasteiger partial charge is 0.358 e. The van der Waals surface area contributed by atoms with Crippen molar-refractivity contribution in [2.45, 2.75) is 20.8 Å².